The van der Waals surface area contributed by atoms with Crippen molar-refractivity contribution in [2.45, 2.75) is 19.3 Å². The maximum atomic E-state index is 11.9. The molecule has 2 aliphatic rings. The lowest BCUT2D eigenvalue weighted by Gasteiger charge is -2.30. The molecule has 0 bridgehead atoms. The van der Waals surface area contributed by atoms with E-state index in [2.05, 4.69) is 4.90 Å². The molecule has 0 aromatic rings. The summed E-state index contributed by atoms with van der Waals surface area (Å²) >= 11 is 0. The number of nitrogens with zero attached hydrogens (tertiary/aromatic N) is 1. The van der Waals surface area contributed by atoms with Crippen LogP contribution in [0.25, 0.3) is 0 Å². The molecule has 0 aromatic heterocycles. The molecule has 1 unspecified atom stereocenters. The van der Waals surface area contributed by atoms with Crippen LogP contribution in [0.5, 0.6) is 0 Å². The summed E-state index contributed by atoms with van der Waals surface area (Å²) < 4.78 is 5.23. The SMILES string of the molecule is O=C(CN1CCC(CO)CC1)C1CCOC1. The van der Waals surface area contributed by atoms with Crippen LogP contribution in [-0.2, 0) is 9.53 Å². The average Bonchev–Trinajstić information content (AvgIpc) is 2.83. The summed E-state index contributed by atoms with van der Waals surface area (Å²) in [5.74, 6) is 0.914. The third-order valence-corrected chi connectivity index (χ3v) is 3.73. The van der Waals surface area contributed by atoms with Gasteiger partial charge in [0.2, 0.25) is 0 Å². The minimum Gasteiger partial charge on any atom is -0.396 e. The molecule has 16 heavy (non-hydrogen) atoms. The van der Waals surface area contributed by atoms with Crippen molar-refractivity contribution in [3.63, 3.8) is 0 Å². The van der Waals surface area contributed by atoms with Gasteiger partial charge in [0.1, 0.15) is 0 Å². The van der Waals surface area contributed by atoms with Gasteiger partial charge in [0, 0.05) is 19.1 Å². The summed E-state index contributed by atoms with van der Waals surface area (Å²) in [6.07, 6.45) is 2.93. The number of ether oxygens (including phenoxy) is 1. The van der Waals surface area contributed by atoms with Crippen LogP contribution in [0, 0.1) is 11.8 Å². The number of hydrogen-bond donors (Lipinski definition) is 1. The maximum Gasteiger partial charge on any atom is 0.152 e. The molecule has 0 aromatic carbocycles. The molecular formula is C12H21NO3. The summed E-state index contributed by atoms with van der Waals surface area (Å²) in [5.41, 5.74) is 0. The van der Waals surface area contributed by atoms with E-state index in [1.807, 2.05) is 0 Å². The van der Waals surface area contributed by atoms with Crippen molar-refractivity contribution in [2.24, 2.45) is 11.8 Å². The van der Waals surface area contributed by atoms with E-state index in [1.165, 1.54) is 0 Å². The Balaban J connectivity index is 1.71. The lowest BCUT2D eigenvalue weighted by Crippen LogP contribution is -2.39. The summed E-state index contributed by atoms with van der Waals surface area (Å²) in [7, 11) is 0. The fourth-order valence-electron chi connectivity index (χ4n) is 2.47. The van der Waals surface area contributed by atoms with Gasteiger partial charge in [-0.05, 0) is 38.3 Å². The highest BCUT2D eigenvalue weighted by Crippen LogP contribution is 2.18. The summed E-state index contributed by atoms with van der Waals surface area (Å²) in [5, 5.41) is 9.03. The molecular weight excluding hydrogens is 206 g/mol. The highest BCUT2D eigenvalue weighted by atomic mass is 16.5. The zero-order valence-corrected chi connectivity index (χ0v) is 9.73. The molecule has 0 amide bonds. The monoisotopic (exact) mass is 227 g/mol. The normalized spacial score (nSPS) is 28.4. The van der Waals surface area contributed by atoms with E-state index in [0.29, 0.717) is 24.9 Å². The Labute approximate surface area is 96.6 Å². The van der Waals surface area contributed by atoms with Crippen LogP contribution in [0.1, 0.15) is 19.3 Å². The van der Waals surface area contributed by atoms with Gasteiger partial charge in [-0.1, -0.05) is 0 Å². The van der Waals surface area contributed by atoms with Crippen LogP contribution < -0.4 is 0 Å². The topological polar surface area (TPSA) is 49.8 Å². The van der Waals surface area contributed by atoms with Gasteiger partial charge < -0.3 is 9.84 Å². The van der Waals surface area contributed by atoms with Crippen LogP contribution >= 0.6 is 0 Å². The predicted molar refractivity (Wildman–Crippen MR) is 60.2 cm³/mol. The molecule has 2 saturated heterocycles. The molecule has 0 spiro atoms. The number of ketones is 1. The van der Waals surface area contributed by atoms with Crippen LogP contribution in [0.15, 0.2) is 0 Å². The highest BCUT2D eigenvalue weighted by Gasteiger charge is 2.26. The second kappa shape index (κ2) is 5.75. The second-order valence-corrected chi connectivity index (χ2v) is 4.93. The van der Waals surface area contributed by atoms with Crippen LogP contribution in [0.4, 0.5) is 0 Å². The van der Waals surface area contributed by atoms with E-state index in [4.69, 9.17) is 9.84 Å². The number of rotatable bonds is 4. The smallest absolute Gasteiger partial charge is 0.152 e. The standard InChI is InChI=1S/C12H21NO3/c14-8-10-1-4-13(5-2-10)7-12(15)11-3-6-16-9-11/h10-11,14H,1-9H2. The first kappa shape index (κ1) is 12.0. The van der Waals surface area contributed by atoms with Crippen LogP contribution in [0.3, 0.4) is 0 Å². The molecule has 4 heteroatoms. The number of carbonyl (C=O) groups is 1. The molecule has 92 valence electrons. The van der Waals surface area contributed by atoms with Crippen molar-refractivity contribution in [2.75, 3.05) is 39.5 Å². The molecule has 4 nitrogen and oxygen atoms in total. The second-order valence-electron chi connectivity index (χ2n) is 4.93. The van der Waals surface area contributed by atoms with Gasteiger partial charge in [0.25, 0.3) is 0 Å². The fourth-order valence-corrected chi connectivity index (χ4v) is 2.47. The molecule has 0 aliphatic carbocycles. The third-order valence-electron chi connectivity index (χ3n) is 3.73. The Morgan fingerprint density at radius 3 is 2.62 bits per heavy atom. The largest absolute Gasteiger partial charge is 0.396 e. The predicted octanol–water partition coefficient (Wildman–Crippen LogP) is 0.296. The average molecular weight is 227 g/mol. The zero-order chi connectivity index (χ0) is 11.4. The first-order chi connectivity index (χ1) is 7.79. The van der Waals surface area contributed by atoms with E-state index >= 15 is 0 Å². The highest BCUT2D eigenvalue weighted by molar-refractivity contribution is 5.83. The van der Waals surface area contributed by atoms with Gasteiger partial charge >= 0.3 is 0 Å². The molecule has 2 aliphatic heterocycles. The van der Waals surface area contributed by atoms with Gasteiger partial charge in [0.05, 0.1) is 13.2 Å². The first-order valence-electron chi connectivity index (χ1n) is 6.23. The lowest BCUT2D eigenvalue weighted by atomic mass is 9.96. The third kappa shape index (κ3) is 3.03. The van der Waals surface area contributed by atoms with E-state index in [0.717, 1.165) is 39.0 Å². The number of hydrogen-bond acceptors (Lipinski definition) is 4. The van der Waals surface area contributed by atoms with Crippen molar-refractivity contribution in [3.8, 4) is 0 Å². The van der Waals surface area contributed by atoms with E-state index < -0.39 is 0 Å². The van der Waals surface area contributed by atoms with Crippen LogP contribution in [0.2, 0.25) is 0 Å². The Morgan fingerprint density at radius 1 is 1.31 bits per heavy atom. The zero-order valence-electron chi connectivity index (χ0n) is 9.73. The molecule has 0 radical (unpaired) electrons. The number of piperidine rings is 1. The molecule has 2 fully saturated rings. The Hall–Kier alpha value is -0.450. The summed E-state index contributed by atoms with van der Waals surface area (Å²) in [4.78, 5) is 14.1. The van der Waals surface area contributed by atoms with Crippen molar-refractivity contribution < 1.29 is 14.6 Å². The van der Waals surface area contributed by atoms with Crippen molar-refractivity contribution >= 4 is 5.78 Å². The van der Waals surface area contributed by atoms with Gasteiger partial charge in [-0.2, -0.15) is 0 Å². The molecule has 1 N–H and O–H groups in total. The number of aliphatic hydroxyl groups is 1. The molecule has 2 heterocycles. The Bertz CT molecular complexity index is 230. The number of aliphatic hydroxyl groups excluding tert-OH is 1. The van der Waals surface area contributed by atoms with Gasteiger partial charge in [-0.25, -0.2) is 0 Å². The minimum atomic E-state index is 0.135. The summed E-state index contributed by atoms with van der Waals surface area (Å²) in [6, 6.07) is 0. The summed E-state index contributed by atoms with van der Waals surface area (Å²) in [6.45, 7) is 4.12. The van der Waals surface area contributed by atoms with Crippen LogP contribution in [-0.4, -0.2) is 55.2 Å². The van der Waals surface area contributed by atoms with E-state index in [1.54, 1.807) is 0 Å². The number of Topliss-reactive ketones (excluding diaryl/α,β-unsaturated/α-hetero) is 1. The number of likely N-dealkylation sites (tertiary alicyclic amines) is 1. The lowest BCUT2D eigenvalue weighted by molar-refractivity contribution is -0.124. The van der Waals surface area contributed by atoms with Crippen molar-refractivity contribution in [3.05, 3.63) is 0 Å². The molecule has 0 saturated carbocycles. The number of carbonyl (C=O) groups excluding carboxylic acids is 1. The Morgan fingerprint density at radius 2 is 2.06 bits per heavy atom. The van der Waals surface area contributed by atoms with Gasteiger partial charge in [-0.3, -0.25) is 9.69 Å². The molecule has 1 atom stereocenters. The first-order valence-corrected chi connectivity index (χ1v) is 6.23. The van der Waals surface area contributed by atoms with Crippen molar-refractivity contribution in [1.82, 2.24) is 4.90 Å². The maximum absolute atomic E-state index is 11.9. The quantitative estimate of drug-likeness (QED) is 0.750. The van der Waals surface area contributed by atoms with Gasteiger partial charge in [-0.15, -0.1) is 0 Å². The van der Waals surface area contributed by atoms with E-state index in [9.17, 15) is 4.79 Å². The van der Waals surface area contributed by atoms with Gasteiger partial charge in [0.15, 0.2) is 5.78 Å². The molecule has 2 rings (SSSR count). The van der Waals surface area contributed by atoms with E-state index in [-0.39, 0.29) is 12.5 Å². The fraction of sp³-hybridized carbons (Fsp3) is 0.917. The Kier molecular flexibility index (Phi) is 4.32. The van der Waals surface area contributed by atoms with Crippen molar-refractivity contribution in [1.29, 1.82) is 0 Å². The minimum absolute atomic E-state index is 0.135.